The Bertz CT molecular complexity index is 594. The standard InChI is InChI=1S/C19H29N3O3/c1-4-22(5-2)16-6-7-17(14(3)12-16)21-18(23)13-20-19(24)15-8-10-25-11-9-15/h6-7,12,15H,4-5,8-11,13H2,1-3H3,(H,20,24)(H,21,23). The number of benzene rings is 1. The number of hydrogen-bond donors (Lipinski definition) is 2. The molecule has 25 heavy (non-hydrogen) atoms. The van der Waals surface area contributed by atoms with Gasteiger partial charge < -0.3 is 20.3 Å². The fourth-order valence-electron chi connectivity index (χ4n) is 3.04. The normalized spacial score (nSPS) is 14.8. The molecule has 2 amide bonds. The van der Waals surface area contributed by atoms with E-state index in [9.17, 15) is 9.59 Å². The van der Waals surface area contributed by atoms with Crippen molar-refractivity contribution in [3.05, 3.63) is 23.8 Å². The van der Waals surface area contributed by atoms with Crippen LogP contribution in [0.4, 0.5) is 11.4 Å². The van der Waals surface area contributed by atoms with Gasteiger partial charge in [-0.1, -0.05) is 0 Å². The summed E-state index contributed by atoms with van der Waals surface area (Å²) < 4.78 is 5.25. The van der Waals surface area contributed by atoms with Crippen molar-refractivity contribution in [1.82, 2.24) is 5.32 Å². The van der Waals surface area contributed by atoms with Crippen molar-refractivity contribution in [3.63, 3.8) is 0 Å². The first-order valence-corrected chi connectivity index (χ1v) is 9.06. The zero-order chi connectivity index (χ0) is 18.2. The highest BCUT2D eigenvalue weighted by molar-refractivity contribution is 5.95. The maximum absolute atomic E-state index is 12.1. The third-order valence-electron chi connectivity index (χ3n) is 4.63. The van der Waals surface area contributed by atoms with Crippen molar-refractivity contribution >= 4 is 23.2 Å². The van der Waals surface area contributed by atoms with E-state index >= 15 is 0 Å². The molecule has 6 nitrogen and oxygen atoms in total. The van der Waals surface area contributed by atoms with Crippen LogP contribution < -0.4 is 15.5 Å². The average Bonchev–Trinajstić information content (AvgIpc) is 2.63. The molecule has 0 radical (unpaired) electrons. The second kappa shape index (κ2) is 9.42. The van der Waals surface area contributed by atoms with Crippen LogP contribution in [0.5, 0.6) is 0 Å². The molecule has 0 aliphatic carbocycles. The summed E-state index contributed by atoms with van der Waals surface area (Å²) in [4.78, 5) is 26.4. The Morgan fingerprint density at radius 3 is 2.48 bits per heavy atom. The molecule has 0 bridgehead atoms. The van der Waals surface area contributed by atoms with Gasteiger partial charge in [-0.2, -0.15) is 0 Å². The number of carbonyl (C=O) groups excluding carboxylic acids is 2. The molecule has 1 aromatic rings. The molecule has 1 aliphatic rings. The van der Waals surface area contributed by atoms with E-state index < -0.39 is 0 Å². The van der Waals surface area contributed by atoms with Crippen molar-refractivity contribution in [1.29, 1.82) is 0 Å². The molecule has 0 atom stereocenters. The minimum Gasteiger partial charge on any atom is -0.381 e. The van der Waals surface area contributed by atoms with Gasteiger partial charge in [-0.15, -0.1) is 0 Å². The van der Waals surface area contributed by atoms with Crippen molar-refractivity contribution in [2.45, 2.75) is 33.6 Å². The van der Waals surface area contributed by atoms with E-state index in [1.165, 1.54) is 0 Å². The molecule has 2 rings (SSSR count). The van der Waals surface area contributed by atoms with Crippen molar-refractivity contribution in [2.24, 2.45) is 5.92 Å². The van der Waals surface area contributed by atoms with Gasteiger partial charge in [0, 0.05) is 43.6 Å². The second-order valence-electron chi connectivity index (χ2n) is 6.32. The Kier molecular flexibility index (Phi) is 7.25. The Hall–Kier alpha value is -2.08. The highest BCUT2D eigenvalue weighted by Crippen LogP contribution is 2.22. The average molecular weight is 347 g/mol. The molecule has 0 unspecified atom stereocenters. The SMILES string of the molecule is CCN(CC)c1ccc(NC(=O)CNC(=O)C2CCOCC2)c(C)c1. The number of hydrogen-bond acceptors (Lipinski definition) is 4. The van der Waals surface area contributed by atoms with E-state index in [1.54, 1.807) is 0 Å². The molecule has 1 heterocycles. The first kappa shape index (κ1) is 19.2. The summed E-state index contributed by atoms with van der Waals surface area (Å²) >= 11 is 0. The van der Waals surface area contributed by atoms with Crippen molar-refractivity contribution < 1.29 is 14.3 Å². The quantitative estimate of drug-likeness (QED) is 0.794. The summed E-state index contributed by atoms with van der Waals surface area (Å²) in [6, 6.07) is 6.00. The molecule has 1 saturated heterocycles. The zero-order valence-corrected chi connectivity index (χ0v) is 15.4. The predicted octanol–water partition coefficient (Wildman–Crippen LogP) is 2.32. The number of nitrogens with one attached hydrogen (secondary N) is 2. The summed E-state index contributed by atoms with van der Waals surface area (Å²) in [7, 11) is 0. The van der Waals surface area contributed by atoms with Crippen molar-refractivity contribution in [2.75, 3.05) is 43.1 Å². The van der Waals surface area contributed by atoms with Crippen LogP contribution in [0.1, 0.15) is 32.3 Å². The first-order valence-electron chi connectivity index (χ1n) is 9.06. The molecule has 0 spiro atoms. The van der Waals surface area contributed by atoms with Gasteiger partial charge >= 0.3 is 0 Å². The fourth-order valence-corrected chi connectivity index (χ4v) is 3.04. The molecule has 1 fully saturated rings. The van der Waals surface area contributed by atoms with Gasteiger partial charge in [0.25, 0.3) is 0 Å². The summed E-state index contributed by atoms with van der Waals surface area (Å²) in [5.74, 6) is -0.317. The van der Waals surface area contributed by atoms with E-state index in [2.05, 4.69) is 35.4 Å². The lowest BCUT2D eigenvalue weighted by molar-refractivity contribution is -0.129. The molecule has 0 saturated carbocycles. The number of ether oxygens (including phenoxy) is 1. The van der Waals surface area contributed by atoms with Crippen LogP contribution in [0.25, 0.3) is 0 Å². The van der Waals surface area contributed by atoms with Crippen LogP contribution in [0.15, 0.2) is 18.2 Å². The number of carbonyl (C=O) groups is 2. The fraction of sp³-hybridized carbons (Fsp3) is 0.579. The third-order valence-corrected chi connectivity index (χ3v) is 4.63. The Morgan fingerprint density at radius 1 is 1.20 bits per heavy atom. The molecule has 2 N–H and O–H groups in total. The minimum absolute atomic E-state index is 0.00652. The Labute approximate surface area is 149 Å². The summed E-state index contributed by atoms with van der Waals surface area (Å²) in [5, 5.41) is 5.60. The summed E-state index contributed by atoms with van der Waals surface area (Å²) in [6.45, 7) is 9.33. The first-order chi connectivity index (χ1) is 12.0. The van der Waals surface area contributed by atoms with Crippen LogP contribution in [0, 0.1) is 12.8 Å². The van der Waals surface area contributed by atoms with Gasteiger partial charge in [0.2, 0.25) is 11.8 Å². The van der Waals surface area contributed by atoms with Crippen LogP contribution in [0.2, 0.25) is 0 Å². The Balaban J connectivity index is 1.86. The third kappa shape index (κ3) is 5.46. The van der Waals surface area contributed by atoms with Crippen molar-refractivity contribution in [3.8, 4) is 0 Å². The molecule has 138 valence electrons. The minimum atomic E-state index is -0.209. The van der Waals surface area contributed by atoms with Gasteiger partial charge in [-0.25, -0.2) is 0 Å². The van der Waals surface area contributed by atoms with Crippen LogP contribution in [-0.4, -0.2) is 44.7 Å². The van der Waals surface area contributed by atoms with Gasteiger partial charge in [0.1, 0.15) is 0 Å². The van der Waals surface area contributed by atoms with Gasteiger partial charge in [0.05, 0.1) is 6.54 Å². The predicted molar refractivity (Wildman–Crippen MR) is 99.9 cm³/mol. The maximum atomic E-state index is 12.1. The summed E-state index contributed by atoms with van der Waals surface area (Å²) in [5.41, 5.74) is 2.93. The topological polar surface area (TPSA) is 70.7 Å². The van der Waals surface area contributed by atoms with E-state index in [-0.39, 0.29) is 24.3 Å². The van der Waals surface area contributed by atoms with Gasteiger partial charge in [0.15, 0.2) is 0 Å². The molecule has 0 aromatic heterocycles. The molecule has 1 aromatic carbocycles. The van der Waals surface area contributed by atoms with E-state index in [1.807, 2.05) is 19.1 Å². The van der Waals surface area contributed by atoms with Gasteiger partial charge in [-0.3, -0.25) is 9.59 Å². The van der Waals surface area contributed by atoms with Crippen LogP contribution in [-0.2, 0) is 14.3 Å². The zero-order valence-electron chi connectivity index (χ0n) is 15.4. The number of amides is 2. The lowest BCUT2D eigenvalue weighted by atomic mass is 9.99. The Morgan fingerprint density at radius 2 is 1.88 bits per heavy atom. The highest BCUT2D eigenvalue weighted by atomic mass is 16.5. The van der Waals surface area contributed by atoms with E-state index in [4.69, 9.17) is 4.74 Å². The van der Waals surface area contributed by atoms with E-state index in [0.29, 0.717) is 13.2 Å². The number of rotatable bonds is 7. The number of anilines is 2. The molecular weight excluding hydrogens is 318 g/mol. The number of aryl methyl sites for hydroxylation is 1. The molecule has 1 aliphatic heterocycles. The lowest BCUT2D eigenvalue weighted by Crippen LogP contribution is -2.38. The van der Waals surface area contributed by atoms with Crippen LogP contribution in [0.3, 0.4) is 0 Å². The smallest absolute Gasteiger partial charge is 0.243 e. The molecule has 6 heteroatoms. The largest absolute Gasteiger partial charge is 0.381 e. The second-order valence-corrected chi connectivity index (χ2v) is 6.32. The maximum Gasteiger partial charge on any atom is 0.243 e. The molecular formula is C19H29N3O3. The lowest BCUT2D eigenvalue weighted by Gasteiger charge is -2.22. The van der Waals surface area contributed by atoms with Gasteiger partial charge in [-0.05, 0) is 57.4 Å². The van der Waals surface area contributed by atoms with Crippen LogP contribution >= 0.6 is 0 Å². The highest BCUT2D eigenvalue weighted by Gasteiger charge is 2.21. The number of nitrogens with zero attached hydrogens (tertiary/aromatic N) is 1. The van der Waals surface area contributed by atoms with E-state index in [0.717, 1.165) is 42.9 Å². The summed E-state index contributed by atoms with van der Waals surface area (Å²) in [6.07, 6.45) is 1.44. The monoisotopic (exact) mass is 347 g/mol.